The van der Waals surface area contributed by atoms with E-state index in [1.807, 2.05) is 19.1 Å². The molecule has 57 heavy (non-hydrogen) atoms. The highest BCUT2D eigenvalue weighted by Gasteiger charge is 2.40. The van der Waals surface area contributed by atoms with Gasteiger partial charge in [-0.2, -0.15) is 18.3 Å². The van der Waals surface area contributed by atoms with Crippen LogP contribution in [0.2, 0.25) is 0 Å². The first-order chi connectivity index (χ1) is 27.3. The molecule has 8 rings (SSSR count). The number of piperidine rings is 1. The number of hydrogen-bond donors (Lipinski definition) is 2. The molecule has 12 nitrogen and oxygen atoms in total. The van der Waals surface area contributed by atoms with Crippen molar-refractivity contribution >= 4 is 56.6 Å². The quantitative estimate of drug-likeness (QED) is 0.168. The number of halogens is 4. The highest BCUT2D eigenvalue weighted by Crippen LogP contribution is 2.39. The molecule has 3 aliphatic heterocycles. The molecule has 2 fully saturated rings. The summed E-state index contributed by atoms with van der Waals surface area (Å²) in [5.41, 5.74) is 4.20. The van der Waals surface area contributed by atoms with Crippen LogP contribution in [0.15, 0.2) is 77.5 Å². The summed E-state index contributed by atoms with van der Waals surface area (Å²) in [4.78, 5) is 60.3. The second-order valence-corrected chi connectivity index (χ2v) is 15.0. The number of nitrogens with zero attached hydrogens (tertiary/aromatic N) is 6. The lowest BCUT2D eigenvalue weighted by molar-refractivity contribution is -0.138. The normalized spacial score (nSPS) is 17.4. The molecule has 0 bridgehead atoms. The molecule has 3 aromatic carbocycles. The molecule has 1 unspecified atom stereocenters. The zero-order valence-corrected chi connectivity index (χ0v) is 32.1. The van der Waals surface area contributed by atoms with E-state index in [0.717, 1.165) is 22.8 Å². The minimum Gasteiger partial charge on any atom is -0.368 e. The van der Waals surface area contributed by atoms with E-state index in [1.54, 1.807) is 52.1 Å². The molecule has 2 aromatic heterocycles. The van der Waals surface area contributed by atoms with Gasteiger partial charge in [0.1, 0.15) is 11.7 Å². The molecule has 0 radical (unpaired) electrons. The van der Waals surface area contributed by atoms with Gasteiger partial charge in [-0.25, -0.2) is 9.50 Å². The maximum absolute atomic E-state index is 14.5. The number of piperazine rings is 1. The van der Waals surface area contributed by atoms with Crippen LogP contribution in [0.1, 0.15) is 67.1 Å². The van der Waals surface area contributed by atoms with Gasteiger partial charge in [0.15, 0.2) is 5.65 Å². The van der Waals surface area contributed by atoms with E-state index in [9.17, 15) is 32.3 Å². The van der Waals surface area contributed by atoms with Crippen molar-refractivity contribution in [2.75, 3.05) is 36.4 Å². The van der Waals surface area contributed by atoms with Crippen LogP contribution in [0, 0.1) is 18.8 Å². The summed E-state index contributed by atoms with van der Waals surface area (Å²) in [6.45, 7) is 4.23. The van der Waals surface area contributed by atoms with E-state index in [1.165, 1.54) is 17.0 Å². The second kappa shape index (κ2) is 15.1. The fraction of sp³-hybridized carbons (Fsp3) is 0.268. The molecule has 16 heteroatoms. The van der Waals surface area contributed by atoms with Crippen LogP contribution in [0.3, 0.4) is 0 Å². The molecule has 3 aliphatic rings. The number of carbonyl (C=O) groups excluding carboxylic acids is 4. The van der Waals surface area contributed by atoms with Crippen LogP contribution in [-0.2, 0) is 28.9 Å². The summed E-state index contributed by atoms with van der Waals surface area (Å²) in [6.07, 6.45) is -1.02. The molecule has 0 saturated carbocycles. The Balaban J connectivity index is 0.922. The van der Waals surface area contributed by atoms with Crippen molar-refractivity contribution in [3.8, 4) is 11.8 Å². The average molecular weight is 840 g/mol. The number of imidazole rings is 1. The van der Waals surface area contributed by atoms with Crippen LogP contribution in [-0.4, -0.2) is 80.2 Å². The van der Waals surface area contributed by atoms with Gasteiger partial charge in [-0.05, 0) is 100 Å². The van der Waals surface area contributed by atoms with Gasteiger partial charge < -0.3 is 15.1 Å². The number of carbonyl (C=O) groups is 4. The number of fused-ring (bicyclic) bond motifs is 2. The number of alkyl halides is 3. The number of hydrogen-bond acceptors (Lipinski definition) is 8. The highest BCUT2D eigenvalue weighted by molar-refractivity contribution is 9.10. The zero-order valence-electron chi connectivity index (χ0n) is 30.5. The molecule has 5 aromatic rings. The minimum atomic E-state index is -4.68. The van der Waals surface area contributed by atoms with Crippen LogP contribution >= 0.6 is 15.9 Å². The summed E-state index contributed by atoms with van der Waals surface area (Å²) in [5.74, 6) is 4.41. The van der Waals surface area contributed by atoms with Crippen LogP contribution in [0.4, 0.5) is 24.5 Å². The fourth-order valence-electron chi connectivity index (χ4n) is 7.48. The van der Waals surface area contributed by atoms with Crippen molar-refractivity contribution in [2.45, 2.75) is 45.1 Å². The Labute approximate surface area is 333 Å². The largest absolute Gasteiger partial charge is 0.418 e. The maximum Gasteiger partial charge on any atom is 0.418 e. The Morgan fingerprint density at radius 2 is 1.82 bits per heavy atom. The number of imide groups is 1. The fourth-order valence-corrected chi connectivity index (χ4v) is 8.20. The standard InChI is InChI=1S/C41H34BrF3N8O4/c1-24-4-5-27(19-26(24)6-8-30-21-46-35-3-2-12-47-53(30)35)38(55)48-29-7-9-33(31(20-29)41(43,44)45)51-15-13-50(14-16-51)22-25-17-28-23-52(40(57)37(28)32(42)18-25)34-10-11-36(54)49-39(34)56/h2-5,7,9,12,17-21,34H,10-11,13-16,22-23H2,1H3,(H,48,55)(H,49,54,56). The molecule has 0 aliphatic carbocycles. The third kappa shape index (κ3) is 7.72. The highest BCUT2D eigenvalue weighted by atomic mass is 79.9. The monoisotopic (exact) mass is 838 g/mol. The molecule has 4 amide bonds. The topological polar surface area (TPSA) is 132 Å². The van der Waals surface area contributed by atoms with Crippen molar-refractivity contribution in [2.24, 2.45) is 0 Å². The molecule has 290 valence electrons. The third-order valence-corrected chi connectivity index (χ3v) is 11.0. The first-order valence-electron chi connectivity index (χ1n) is 18.2. The van der Waals surface area contributed by atoms with E-state index in [4.69, 9.17) is 0 Å². The van der Waals surface area contributed by atoms with Crippen LogP contribution in [0.25, 0.3) is 5.65 Å². The zero-order chi connectivity index (χ0) is 40.0. The molecule has 5 heterocycles. The summed E-state index contributed by atoms with van der Waals surface area (Å²) in [5, 5.41) is 9.19. The van der Waals surface area contributed by atoms with Gasteiger partial charge in [-0.1, -0.05) is 18.1 Å². The predicted molar refractivity (Wildman–Crippen MR) is 207 cm³/mol. The first kappa shape index (κ1) is 37.9. The molecular weight excluding hydrogens is 805 g/mol. The van der Waals surface area contributed by atoms with Crippen molar-refractivity contribution < 1.29 is 32.3 Å². The molecule has 2 saturated heterocycles. The Bertz CT molecular complexity index is 2540. The Morgan fingerprint density at radius 1 is 1.02 bits per heavy atom. The average Bonchev–Trinajstić information content (AvgIpc) is 3.75. The van der Waals surface area contributed by atoms with Gasteiger partial charge in [-0.3, -0.25) is 29.4 Å². The van der Waals surface area contributed by atoms with Gasteiger partial charge in [-0.15, -0.1) is 0 Å². The third-order valence-electron chi connectivity index (χ3n) is 10.4. The molecular formula is C41H34BrF3N8O4. The summed E-state index contributed by atoms with van der Waals surface area (Å²) < 4.78 is 45.8. The lowest BCUT2D eigenvalue weighted by Crippen LogP contribution is -2.52. The van der Waals surface area contributed by atoms with Crippen molar-refractivity contribution in [1.29, 1.82) is 0 Å². The predicted octanol–water partition coefficient (Wildman–Crippen LogP) is 5.55. The first-order valence-corrected chi connectivity index (χ1v) is 19.0. The van der Waals surface area contributed by atoms with E-state index >= 15 is 0 Å². The van der Waals surface area contributed by atoms with Gasteiger partial charge in [0, 0.05) is 78.9 Å². The molecule has 2 N–H and O–H groups in total. The Kier molecular flexibility index (Phi) is 10.0. The Morgan fingerprint density at radius 3 is 2.60 bits per heavy atom. The van der Waals surface area contributed by atoms with Gasteiger partial charge in [0.25, 0.3) is 11.8 Å². The lowest BCUT2D eigenvalue weighted by Gasteiger charge is -2.37. The lowest BCUT2D eigenvalue weighted by atomic mass is 10.0. The summed E-state index contributed by atoms with van der Waals surface area (Å²) >= 11 is 3.53. The van der Waals surface area contributed by atoms with E-state index in [2.05, 4.69) is 53.4 Å². The van der Waals surface area contributed by atoms with E-state index < -0.39 is 29.6 Å². The minimum absolute atomic E-state index is 0.0107. The van der Waals surface area contributed by atoms with Gasteiger partial charge in [0.05, 0.1) is 17.3 Å². The van der Waals surface area contributed by atoms with E-state index in [0.29, 0.717) is 59.7 Å². The maximum atomic E-state index is 14.5. The van der Waals surface area contributed by atoms with Gasteiger partial charge >= 0.3 is 6.18 Å². The van der Waals surface area contributed by atoms with Crippen molar-refractivity contribution in [1.82, 2.24) is 29.7 Å². The van der Waals surface area contributed by atoms with Gasteiger partial charge in [0.2, 0.25) is 11.8 Å². The number of benzene rings is 3. The number of aryl methyl sites for hydroxylation is 1. The van der Waals surface area contributed by atoms with Crippen LogP contribution < -0.4 is 15.5 Å². The molecule has 1 atom stereocenters. The smallest absolute Gasteiger partial charge is 0.368 e. The second-order valence-electron chi connectivity index (χ2n) is 14.2. The van der Waals surface area contributed by atoms with Crippen molar-refractivity contribution in [3.63, 3.8) is 0 Å². The van der Waals surface area contributed by atoms with E-state index in [-0.39, 0.29) is 48.1 Å². The summed E-state index contributed by atoms with van der Waals surface area (Å²) in [6, 6.07) is 15.4. The number of anilines is 2. The van der Waals surface area contributed by atoms with Crippen molar-refractivity contribution in [3.05, 3.63) is 122 Å². The number of amides is 4. The van der Waals surface area contributed by atoms with Crippen LogP contribution in [0.5, 0.6) is 0 Å². The number of rotatable bonds is 6. The number of aromatic nitrogens is 3. The number of nitrogens with one attached hydrogen (secondary N) is 2. The Hall–Kier alpha value is -6.05. The molecule has 0 spiro atoms. The summed E-state index contributed by atoms with van der Waals surface area (Å²) in [7, 11) is 0. The SMILES string of the molecule is Cc1ccc(C(=O)Nc2ccc(N3CCN(Cc4cc(Br)c5c(c4)CN(C4CCC(=O)NC4=O)C5=O)CC3)c(C(F)(F)F)c2)cc1C#Cc1cnc2cccnn12.